The molecule has 1 aromatic heterocycles. The third kappa shape index (κ3) is 2.87. The summed E-state index contributed by atoms with van der Waals surface area (Å²) < 4.78 is 28.9. The topological polar surface area (TPSA) is 46.9 Å². The van der Waals surface area contributed by atoms with E-state index in [1.165, 1.54) is 18.2 Å². The van der Waals surface area contributed by atoms with E-state index in [1.54, 1.807) is 35.0 Å². The lowest BCUT2D eigenvalue weighted by molar-refractivity contribution is 0.0953. The summed E-state index contributed by atoms with van der Waals surface area (Å²) in [5.74, 6) is -0.275. The lowest BCUT2D eigenvalue weighted by Gasteiger charge is -2.19. The standard InChI is InChI=1S/C20H17F2N3O/c1-12-10-17-19(18(26)11-12)20(23-16-5-3-2-4-15(16)22)24-25(17)14-8-6-13(21)7-9-14/h2-9,12H,10-11H2,1H3,(H,23,24)/t12-/m0/s1. The number of Topliss-reactive ketones (excluding diaryl/α,β-unsaturated/α-hetero) is 1. The molecular formula is C20H17F2N3O. The SMILES string of the molecule is C[C@@H]1CC(=O)c2c(Nc3ccccc3F)nn(-c3ccc(F)cc3)c2C1. The van der Waals surface area contributed by atoms with E-state index in [0.717, 1.165) is 5.69 Å². The number of benzene rings is 2. The van der Waals surface area contributed by atoms with Crippen molar-refractivity contribution in [2.75, 3.05) is 5.32 Å². The van der Waals surface area contributed by atoms with E-state index in [0.29, 0.717) is 29.9 Å². The van der Waals surface area contributed by atoms with Gasteiger partial charge in [-0.05, 0) is 48.7 Å². The molecule has 0 saturated carbocycles. The number of ketones is 1. The molecule has 0 spiro atoms. The second-order valence-electron chi connectivity index (χ2n) is 6.60. The molecule has 1 aliphatic carbocycles. The van der Waals surface area contributed by atoms with Crippen molar-refractivity contribution in [3.05, 3.63) is 71.4 Å². The van der Waals surface area contributed by atoms with E-state index in [1.807, 2.05) is 6.92 Å². The number of nitrogens with zero attached hydrogens (tertiary/aromatic N) is 2. The summed E-state index contributed by atoms with van der Waals surface area (Å²) in [5.41, 5.74) is 2.16. The predicted octanol–water partition coefficient (Wildman–Crippen LogP) is 4.66. The zero-order valence-electron chi connectivity index (χ0n) is 14.2. The highest BCUT2D eigenvalue weighted by atomic mass is 19.1. The number of fused-ring (bicyclic) bond motifs is 1. The van der Waals surface area contributed by atoms with Crippen LogP contribution < -0.4 is 5.32 Å². The van der Waals surface area contributed by atoms with Crippen LogP contribution in [0.3, 0.4) is 0 Å². The van der Waals surface area contributed by atoms with E-state index < -0.39 is 5.82 Å². The lowest BCUT2D eigenvalue weighted by atomic mass is 9.87. The Labute approximate surface area is 149 Å². The third-order valence-corrected chi connectivity index (χ3v) is 4.53. The van der Waals surface area contributed by atoms with Crippen molar-refractivity contribution in [2.24, 2.45) is 5.92 Å². The fourth-order valence-electron chi connectivity index (χ4n) is 3.33. The number of hydrogen-bond acceptors (Lipinski definition) is 3. The molecule has 1 atom stereocenters. The number of halogens is 2. The van der Waals surface area contributed by atoms with Gasteiger partial charge in [-0.2, -0.15) is 0 Å². The van der Waals surface area contributed by atoms with Gasteiger partial charge in [-0.15, -0.1) is 5.10 Å². The molecule has 2 aromatic carbocycles. The number of hydrogen-bond donors (Lipinski definition) is 1. The maximum atomic E-state index is 14.0. The van der Waals surface area contributed by atoms with Crippen LogP contribution in [0.15, 0.2) is 48.5 Å². The van der Waals surface area contributed by atoms with Crippen molar-refractivity contribution >= 4 is 17.3 Å². The molecule has 0 saturated heterocycles. The van der Waals surface area contributed by atoms with Gasteiger partial charge in [0.15, 0.2) is 11.6 Å². The molecule has 4 rings (SSSR count). The van der Waals surface area contributed by atoms with Crippen LogP contribution in [-0.2, 0) is 6.42 Å². The Morgan fingerprint density at radius 2 is 1.81 bits per heavy atom. The molecule has 6 heteroatoms. The minimum Gasteiger partial charge on any atom is -0.336 e. The molecule has 1 heterocycles. The molecule has 3 aromatic rings. The fourth-order valence-corrected chi connectivity index (χ4v) is 3.33. The predicted molar refractivity (Wildman–Crippen MR) is 95.0 cm³/mol. The summed E-state index contributed by atoms with van der Waals surface area (Å²) >= 11 is 0. The summed E-state index contributed by atoms with van der Waals surface area (Å²) in [4.78, 5) is 12.6. The highest BCUT2D eigenvalue weighted by molar-refractivity contribution is 6.03. The Morgan fingerprint density at radius 1 is 1.08 bits per heavy atom. The molecule has 0 amide bonds. The highest BCUT2D eigenvalue weighted by Crippen LogP contribution is 2.34. The van der Waals surface area contributed by atoms with Gasteiger partial charge in [-0.3, -0.25) is 4.79 Å². The Hall–Kier alpha value is -3.02. The van der Waals surface area contributed by atoms with Crippen LogP contribution >= 0.6 is 0 Å². The zero-order valence-corrected chi connectivity index (χ0v) is 14.2. The average Bonchev–Trinajstić information content (AvgIpc) is 2.96. The van der Waals surface area contributed by atoms with Crippen molar-refractivity contribution in [3.63, 3.8) is 0 Å². The summed E-state index contributed by atoms with van der Waals surface area (Å²) in [5, 5.41) is 7.45. The van der Waals surface area contributed by atoms with Crippen LogP contribution in [0.1, 0.15) is 29.4 Å². The minimum atomic E-state index is -0.422. The largest absolute Gasteiger partial charge is 0.336 e. The molecule has 0 radical (unpaired) electrons. The quantitative estimate of drug-likeness (QED) is 0.745. The first-order valence-corrected chi connectivity index (χ1v) is 8.45. The lowest BCUT2D eigenvalue weighted by Crippen LogP contribution is -2.19. The molecule has 0 bridgehead atoms. The van der Waals surface area contributed by atoms with Crippen LogP contribution in [0.25, 0.3) is 5.69 Å². The van der Waals surface area contributed by atoms with Gasteiger partial charge >= 0.3 is 0 Å². The van der Waals surface area contributed by atoms with E-state index in [2.05, 4.69) is 10.4 Å². The Morgan fingerprint density at radius 3 is 2.54 bits per heavy atom. The van der Waals surface area contributed by atoms with Gasteiger partial charge in [0.2, 0.25) is 0 Å². The molecule has 0 fully saturated rings. The van der Waals surface area contributed by atoms with E-state index in [9.17, 15) is 13.6 Å². The zero-order chi connectivity index (χ0) is 18.3. The molecule has 1 N–H and O–H groups in total. The Balaban J connectivity index is 1.84. The van der Waals surface area contributed by atoms with Gasteiger partial charge in [-0.1, -0.05) is 19.1 Å². The second-order valence-corrected chi connectivity index (χ2v) is 6.60. The first-order chi connectivity index (χ1) is 12.5. The van der Waals surface area contributed by atoms with Crippen molar-refractivity contribution in [3.8, 4) is 5.69 Å². The van der Waals surface area contributed by atoms with Gasteiger partial charge < -0.3 is 5.32 Å². The molecule has 26 heavy (non-hydrogen) atoms. The summed E-state index contributed by atoms with van der Waals surface area (Å²) in [7, 11) is 0. The van der Waals surface area contributed by atoms with Gasteiger partial charge in [0, 0.05) is 6.42 Å². The van der Waals surface area contributed by atoms with Crippen LogP contribution in [0, 0.1) is 17.6 Å². The maximum absolute atomic E-state index is 14.0. The molecule has 0 unspecified atom stereocenters. The minimum absolute atomic E-state index is 0.0223. The number of anilines is 2. The molecule has 0 aliphatic heterocycles. The maximum Gasteiger partial charge on any atom is 0.168 e. The Kier molecular flexibility index (Phi) is 4.03. The van der Waals surface area contributed by atoms with Gasteiger partial charge in [-0.25, -0.2) is 13.5 Å². The smallest absolute Gasteiger partial charge is 0.168 e. The molecule has 132 valence electrons. The van der Waals surface area contributed by atoms with Crippen LogP contribution in [0.5, 0.6) is 0 Å². The fraction of sp³-hybridized carbons (Fsp3) is 0.200. The first kappa shape index (κ1) is 16.4. The number of nitrogens with one attached hydrogen (secondary N) is 1. The van der Waals surface area contributed by atoms with E-state index >= 15 is 0 Å². The number of para-hydroxylation sites is 1. The summed E-state index contributed by atoms with van der Waals surface area (Å²) in [6.45, 7) is 2.01. The highest BCUT2D eigenvalue weighted by Gasteiger charge is 2.31. The van der Waals surface area contributed by atoms with Gasteiger partial charge in [0.05, 0.1) is 22.6 Å². The summed E-state index contributed by atoms with van der Waals surface area (Å²) in [6.07, 6.45) is 1.10. The summed E-state index contributed by atoms with van der Waals surface area (Å²) in [6, 6.07) is 12.2. The van der Waals surface area contributed by atoms with Crippen LogP contribution in [0.2, 0.25) is 0 Å². The first-order valence-electron chi connectivity index (χ1n) is 8.45. The van der Waals surface area contributed by atoms with E-state index in [4.69, 9.17) is 0 Å². The normalized spacial score (nSPS) is 16.4. The van der Waals surface area contributed by atoms with E-state index in [-0.39, 0.29) is 23.2 Å². The van der Waals surface area contributed by atoms with Crippen LogP contribution in [0.4, 0.5) is 20.3 Å². The average molecular weight is 353 g/mol. The Bertz CT molecular complexity index is 979. The van der Waals surface area contributed by atoms with Crippen molar-refractivity contribution in [1.29, 1.82) is 0 Å². The number of carbonyl (C=O) groups is 1. The second kappa shape index (κ2) is 6.37. The number of carbonyl (C=O) groups excluding carboxylic acids is 1. The van der Waals surface area contributed by atoms with Crippen molar-refractivity contribution < 1.29 is 13.6 Å². The molecule has 1 aliphatic rings. The number of rotatable bonds is 3. The molecule has 4 nitrogen and oxygen atoms in total. The van der Waals surface area contributed by atoms with Crippen molar-refractivity contribution in [1.82, 2.24) is 9.78 Å². The van der Waals surface area contributed by atoms with Gasteiger partial charge in [0.25, 0.3) is 0 Å². The monoisotopic (exact) mass is 353 g/mol. The molecular weight excluding hydrogens is 336 g/mol. The third-order valence-electron chi connectivity index (χ3n) is 4.53. The van der Waals surface area contributed by atoms with Gasteiger partial charge in [0.1, 0.15) is 11.6 Å². The van der Waals surface area contributed by atoms with Crippen LogP contribution in [-0.4, -0.2) is 15.6 Å². The van der Waals surface area contributed by atoms with Crippen molar-refractivity contribution in [2.45, 2.75) is 19.8 Å². The number of aromatic nitrogens is 2.